The second-order valence-corrected chi connectivity index (χ2v) is 7.73. The van der Waals surface area contributed by atoms with E-state index in [0.29, 0.717) is 23.8 Å². The lowest BCUT2D eigenvalue weighted by molar-refractivity contribution is -0.126. The summed E-state index contributed by atoms with van der Waals surface area (Å²) in [7, 11) is 0. The van der Waals surface area contributed by atoms with Gasteiger partial charge < -0.3 is 10.2 Å². The normalized spacial score (nSPS) is 17.4. The third-order valence-corrected chi connectivity index (χ3v) is 5.22. The van der Waals surface area contributed by atoms with Crippen molar-refractivity contribution in [1.29, 1.82) is 0 Å². The molecule has 1 unspecified atom stereocenters. The molecule has 0 bridgehead atoms. The first-order valence-electron chi connectivity index (χ1n) is 8.76. The van der Waals surface area contributed by atoms with Crippen molar-refractivity contribution in [3.63, 3.8) is 0 Å². The van der Waals surface area contributed by atoms with E-state index in [2.05, 4.69) is 31.3 Å². The molecule has 1 aliphatic rings. The first-order valence-corrected chi connectivity index (χ1v) is 9.14. The zero-order valence-electron chi connectivity index (χ0n) is 15.0. The van der Waals surface area contributed by atoms with E-state index in [4.69, 9.17) is 11.6 Å². The van der Waals surface area contributed by atoms with Crippen LogP contribution in [0.25, 0.3) is 0 Å². The molecule has 1 saturated heterocycles. The molecule has 1 aliphatic heterocycles. The Labute approximate surface area is 159 Å². The highest BCUT2D eigenvalue weighted by Gasteiger charge is 2.36. The smallest absolute Gasteiger partial charge is 0.227 e. The van der Waals surface area contributed by atoms with Gasteiger partial charge in [-0.1, -0.05) is 67.9 Å². The number of halogens is 1. The number of carbonyl (C=O) groups excluding carboxylic acids is 2. The molecule has 2 aromatic rings. The Morgan fingerprint density at radius 3 is 2.50 bits per heavy atom. The Hall–Kier alpha value is -2.33. The highest BCUT2D eigenvalue weighted by Crippen LogP contribution is 2.31. The van der Waals surface area contributed by atoms with E-state index in [1.54, 1.807) is 17.0 Å². The third kappa shape index (κ3) is 3.91. The van der Waals surface area contributed by atoms with E-state index in [0.717, 1.165) is 0 Å². The molecule has 1 fully saturated rings. The maximum absolute atomic E-state index is 12.6. The Morgan fingerprint density at radius 1 is 1.15 bits per heavy atom. The predicted octanol–water partition coefficient (Wildman–Crippen LogP) is 3.79. The van der Waals surface area contributed by atoms with Crippen LogP contribution in [0.1, 0.15) is 25.8 Å². The van der Waals surface area contributed by atoms with Crippen molar-refractivity contribution in [3.8, 4) is 0 Å². The van der Waals surface area contributed by atoms with Crippen molar-refractivity contribution in [3.05, 3.63) is 65.2 Å². The van der Waals surface area contributed by atoms with Crippen LogP contribution >= 0.6 is 11.6 Å². The van der Waals surface area contributed by atoms with Crippen LogP contribution < -0.4 is 10.2 Å². The molecule has 0 aliphatic carbocycles. The van der Waals surface area contributed by atoms with Crippen LogP contribution in [-0.4, -0.2) is 24.9 Å². The van der Waals surface area contributed by atoms with Gasteiger partial charge in [-0.05, 0) is 17.7 Å². The molecule has 0 radical (unpaired) electrons. The topological polar surface area (TPSA) is 49.4 Å². The summed E-state index contributed by atoms with van der Waals surface area (Å²) in [4.78, 5) is 26.6. The molecule has 4 nitrogen and oxygen atoms in total. The second kappa shape index (κ2) is 7.50. The summed E-state index contributed by atoms with van der Waals surface area (Å²) in [6.07, 6.45) is 0.211. The van der Waals surface area contributed by atoms with Gasteiger partial charge in [-0.3, -0.25) is 9.59 Å². The zero-order valence-corrected chi connectivity index (χ0v) is 15.8. The summed E-state index contributed by atoms with van der Waals surface area (Å²) >= 11 is 6.19. The third-order valence-electron chi connectivity index (χ3n) is 4.90. The predicted molar refractivity (Wildman–Crippen MR) is 104 cm³/mol. The average molecular weight is 371 g/mol. The highest BCUT2D eigenvalue weighted by atomic mass is 35.5. The van der Waals surface area contributed by atoms with Crippen LogP contribution in [0.15, 0.2) is 54.6 Å². The maximum Gasteiger partial charge on any atom is 0.227 e. The highest BCUT2D eigenvalue weighted by molar-refractivity contribution is 6.33. The molecule has 136 valence electrons. The number of anilines is 1. The van der Waals surface area contributed by atoms with Crippen LogP contribution in [-0.2, 0) is 15.0 Å². The molecule has 0 spiro atoms. The van der Waals surface area contributed by atoms with Gasteiger partial charge in [-0.25, -0.2) is 0 Å². The fourth-order valence-corrected chi connectivity index (χ4v) is 3.47. The van der Waals surface area contributed by atoms with Gasteiger partial charge in [-0.2, -0.15) is 0 Å². The maximum atomic E-state index is 12.6. The number of nitrogens with zero attached hydrogens (tertiary/aromatic N) is 1. The lowest BCUT2D eigenvalue weighted by Crippen LogP contribution is -2.40. The van der Waals surface area contributed by atoms with Crippen molar-refractivity contribution >= 4 is 29.1 Å². The van der Waals surface area contributed by atoms with Crippen LogP contribution in [0, 0.1) is 5.92 Å². The monoisotopic (exact) mass is 370 g/mol. The Bertz CT molecular complexity index is 805. The number of para-hydroxylation sites is 1. The number of benzene rings is 2. The quantitative estimate of drug-likeness (QED) is 0.870. The van der Waals surface area contributed by atoms with Gasteiger partial charge in [0.2, 0.25) is 11.8 Å². The summed E-state index contributed by atoms with van der Waals surface area (Å²) in [6.45, 7) is 5.07. The molecule has 2 aromatic carbocycles. The minimum absolute atomic E-state index is 0.0689. The average Bonchev–Trinajstić information content (AvgIpc) is 3.02. The Morgan fingerprint density at radius 2 is 1.81 bits per heavy atom. The molecular weight excluding hydrogens is 348 g/mol. The fourth-order valence-electron chi connectivity index (χ4n) is 3.23. The number of hydrogen-bond donors (Lipinski definition) is 1. The minimum Gasteiger partial charge on any atom is -0.355 e. The van der Waals surface area contributed by atoms with Gasteiger partial charge in [-0.15, -0.1) is 0 Å². The SMILES string of the molecule is CC(C)(CNC(=O)C1CC(=O)N(c2ccccc2Cl)C1)c1ccccc1. The summed E-state index contributed by atoms with van der Waals surface area (Å²) < 4.78 is 0. The Balaban J connectivity index is 1.63. The van der Waals surface area contributed by atoms with Gasteiger partial charge in [0.25, 0.3) is 0 Å². The standard InChI is InChI=1S/C21H23ClN2O2/c1-21(2,16-8-4-3-5-9-16)14-23-20(26)15-12-19(25)24(13-15)18-11-7-6-10-17(18)22/h3-11,15H,12-14H2,1-2H3,(H,23,26). The molecule has 3 rings (SSSR count). The molecule has 0 saturated carbocycles. The number of nitrogens with one attached hydrogen (secondary N) is 1. The zero-order chi connectivity index (χ0) is 18.7. The van der Waals surface area contributed by atoms with Crippen LogP contribution in [0.4, 0.5) is 5.69 Å². The lowest BCUT2D eigenvalue weighted by atomic mass is 9.84. The van der Waals surface area contributed by atoms with Gasteiger partial charge in [0, 0.05) is 24.9 Å². The van der Waals surface area contributed by atoms with Crippen molar-refractivity contribution in [2.24, 2.45) is 5.92 Å². The van der Waals surface area contributed by atoms with Crippen molar-refractivity contribution < 1.29 is 9.59 Å². The van der Waals surface area contributed by atoms with Gasteiger partial charge >= 0.3 is 0 Å². The van der Waals surface area contributed by atoms with E-state index >= 15 is 0 Å². The molecule has 0 aromatic heterocycles. The van der Waals surface area contributed by atoms with Crippen molar-refractivity contribution in [2.45, 2.75) is 25.7 Å². The van der Waals surface area contributed by atoms with E-state index in [-0.39, 0.29) is 29.6 Å². The number of amides is 2. The molecule has 1 N–H and O–H groups in total. The van der Waals surface area contributed by atoms with Crippen LogP contribution in [0.2, 0.25) is 5.02 Å². The lowest BCUT2D eigenvalue weighted by Gasteiger charge is -2.26. The summed E-state index contributed by atoms with van der Waals surface area (Å²) in [6, 6.07) is 17.3. The van der Waals surface area contributed by atoms with Gasteiger partial charge in [0.05, 0.1) is 16.6 Å². The van der Waals surface area contributed by atoms with Crippen molar-refractivity contribution in [1.82, 2.24) is 5.32 Å². The summed E-state index contributed by atoms with van der Waals surface area (Å²) in [5.41, 5.74) is 1.65. The largest absolute Gasteiger partial charge is 0.355 e. The van der Waals surface area contributed by atoms with E-state index in [1.165, 1.54) is 5.56 Å². The van der Waals surface area contributed by atoms with E-state index in [9.17, 15) is 9.59 Å². The van der Waals surface area contributed by atoms with E-state index in [1.807, 2.05) is 30.3 Å². The number of hydrogen-bond acceptors (Lipinski definition) is 2. The van der Waals surface area contributed by atoms with Crippen molar-refractivity contribution in [2.75, 3.05) is 18.0 Å². The first kappa shape index (κ1) is 18.5. The molecule has 2 amide bonds. The molecule has 5 heteroatoms. The Kier molecular flexibility index (Phi) is 5.33. The fraction of sp³-hybridized carbons (Fsp3) is 0.333. The van der Waals surface area contributed by atoms with Gasteiger partial charge in [0.15, 0.2) is 0 Å². The minimum atomic E-state index is -0.356. The summed E-state index contributed by atoms with van der Waals surface area (Å²) in [5, 5.41) is 3.54. The second-order valence-electron chi connectivity index (χ2n) is 7.32. The summed E-state index contributed by atoms with van der Waals surface area (Å²) in [5.74, 6) is -0.511. The molecule has 1 heterocycles. The molecule has 26 heavy (non-hydrogen) atoms. The first-order chi connectivity index (χ1) is 12.4. The molecular formula is C21H23ClN2O2. The van der Waals surface area contributed by atoms with E-state index < -0.39 is 0 Å². The number of carbonyl (C=O) groups is 2. The van der Waals surface area contributed by atoms with Crippen LogP contribution in [0.5, 0.6) is 0 Å². The molecule has 1 atom stereocenters. The van der Waals surface area contributed by atoms with Gasteiger partial charge in [0.1, 0.15) is 0 Å². The number of rotatable bonds is 5. The van der Waals surface area contributed by atoms with Crippen LogP contribution in [0.3, 0.4) is 0 Å².